The highest BCUT2D eigenvalue weighted by atomic mass is 35.5. The van der Waals surface area contributed by atoms with Crippen LogP contribution in [-0.4, -0.2) is 34.0 Å². The fourth-order valence-electron chi connectivity index (χ4n) is 3.34. The van der Waals surface area contributed by atoms with Crippen molar-refractivity contribution < 1.29 is 4.74 Å². The molecule has 0 radical (unpaired) electrons. The maximum Gasteiger partial charge on any atom is 0.160 e. The Kier molecular flexibility index (Phi) is 4.14. The van der Waals surface area contributed by atoms with E-state index >= 15 is 0 Å². The Bertz CT molecular complexity index is 783. The third-order valence-corrected chi connectivity index (χ3v) is 5.80. The van der Waals surface area contributed by atoms with E-state index in [0.717, 1.165) is 23.0 Å². The average molecular weight is 360 g/mol. The van der Waals surface area contributed by atoms with Gasteiger partial charge in [-0.1, -0.05) is 42.4 Å². The third-order valence-electron chi connectivity index (χ3n) is 4.40. The topological polar surface area (TPSA) is 37.7 Å². The van der Waals surface area contributed by atoms with Crippen LogP contribution in [0, 0.1) is 0 Å². The summed E-state index contributed by atoms with van der Waals surface area (Å²) in [6.07, 6.45) is 1.83. The molecule has 1 aromatic heterocycles. The van der Waals surface area contributed by atoms with Crippen LogP contribution in [0.2, 0.25) is 5.02 Å². The van der Waals surface area contributed by atoms with Gasteiger partial charge in [-0.25, -0.2) is 0 Å². The van der Waals surface area contributed by atoms with Crippen molar-refractivity contribution in [1.29, 1.82) is 0 Å². The van der Waals surface area contributed by atoms with Gasteiger partial charge in [0.1, 0.15) is 11.8 Å². The number of thioether (sulfide) groups is 1. The van der Waals surface area contributed by atoms with Crippen molar-refractivity contribution in [3.63, 3.8) is 0 Å². The smallest absolute Gasteiger partial charge is 0.160 e. The van der Waals surface area contributed by atoms with E-state index in [1.165, 1.54) is 0 Å². The van der Waals surface area contributed by atoms with Crippen LogP contribution in [-0.2, 0) is 0 Å². The van der Waals surface area contributed by atoms with E-state index in [4.69, 9.17) is 21.3 Å². The maximum atomic E-state index is 6.37. The van der Waals surface area contributed by atoms with Gasteiger partial charge in [0.05, 0.1) is 23.9 Å². The molecule has 4 rings (SSSR count). The van der Waals surface area contributed by atoms with Gasteiger partial charge < -0.3 is 9.64 Å². The van der Waals surface area contributed by atoms with Gasteiger partial charge in [-0.15, -0.1) is 0 Å². The van der Waals surface area contributed by atoms with Crippen molar-refractivity contribution >= 4 is 28.5 Å². The molecule has 3 atom stereocenters. The van der Waals surface area contributed by atoms with Crippen LogP contribution in [0.4, 0.5) is 0 Å². The molecule has 1 aromatic carbocycles. The van der Waals surface area contributed by atoms with Gasteiger partial charge >= 0.3 is 0 Å². The molecule has 1 saturated heterocycles. The summed E-state index contributed by atoms with van der Waals surface area (Å²) in [5.74, 6) is 0.693. The number of rotatable bonds is 3. The van der Waals surface area contributed by atoms with Gasteiger partial charge in [0, 0.05) is 18.0 Å². The number of methoxy groups -OCH3 is 1. The van der Waals surface area contributed by atoms with Crippen LogP contribution in [0.3, 0.4) is 0 Å². The van der Waals surface area contributed by atoms with Gasteiger partial charge in [0.25, 0.3) is 0 Å². The summed E-state index contributed by atoms with van der Waals surface area (Å²) in [6, 6.07) is 12.1. The lowest BCUT2D eigenvalue weighted by atomic mass is 9.96. The first-order chi connectivity index (χ1) is 11.7. The first-order valence-electron chi connectivity index (χ1n) is 7.93. The van der Waals surface area contributed by atoms with Crippen molar-refractivity contribution in [2.24, 2.45) is 4.99 Å². The predicted octanol–water partition coefficient (Wildman–Crippen LogP) is 4.33. The zero-order chi connectivity index (χ0) is 16.7. The molecule has 0 aliphatic carbocycles. The van der Waals surface area contributed by atoms with E-state index < -0.39 is 0 Å². The number of pyridine rings is 1. The summed E-state index contributed by atoms with van der Waals surface area (Å²) in [5, 5.41) is 2.28. The molecular formula is C18H18ClN3OS. The number of benzene rings is 1. The zero-order valence-electron chi connectivity index (χ0n) is 13.5. The zero-order valence-corrected chi connectivity index (χ0v) is 15.1. The second-order valence-electron chi connectivity index (χ2n) is 6.03. The second kappa shape index (κ2) is 6.30. The molecule has 0 N–H and O–H groups in total. The van der Waals surface area contributed by atoms with Crippen molar-refractivity contribution in [1.82, 2.24) is 9.88 Å². The number of ether oxygens (including phenoxy) is 1. The summed E-state index contributed by atoms with van der Waals surface area (Å²) in [6.45, 7) is 3.22. The van der Waals surface area contributed by atoms with Gasteiger partial charge in [-0.2, -0.15) is 0 Å². The Labute approximate surface area is 150 Å². The molecule has 1 fully saturated rings. The lowest BCUT2D eigenvalue weighted by Crippen LogP contribution is -2.28. The molecule has 0 bridgehead atoms. The van der Waals surface area contributed by atoms with Crippen molar-refractivity contribution in [3.05, 3.63) is 58.9 Å². The fraction of sp³-hybridized carbons (Fsp3) is 0.333. The van der Waals surface area contributed by atoms with Crippen molar-refractivity contribution in [2.75, 3.05) is 13.7 Å². The predicted molar refractivity (Wildman–Crippen MR) is 98.9 cm³/mol. The molecule has 0 spiro atoms. The molecule has 24 heavy (non-hydrogen) atoms. The molecule has 0 amide bonds. The Balaban J connectivity index is 1.77. The Hall–Kier alpha value is -1.72. The van der Waals surface area contributed by atoms with Crippen LogP contribution >= 0.6 is 23.4 Å². The second-order valence-corrected chi connectivity index (χ2v) is 7.84. The van der Waals surface area contributed by atoms with E-state index in [-0.39, 0.29) is 12.1 Å². The number of aliphatic imine (C=N–C) groups is 1. The molecule has 4 nitrogen and oxygen atoms in total. The summed E-state index contributed by atoms with van der Waals surface area (Å²) in [7, 11) is 1.63. The van der Waals surface area contributed by atoms with E-state index in [2.05, 4.69) is 22.9 Å². The number of amidine groups is 1. The largest absolute Gasteiger partial charge is 0.495 e. The lowest BCUT2D eigenvalue weighted by molar-refractivity contribution is 0.321. The van der Waals surface area contributed by atoms with E-state index in [9.17, 15) is 0 Å². The maximum absolute atomic E-state index is 6.37. The fourth-order valence-corrected chi connectivity index (χ4v) is 4.70. The quantitative estimate of drug-likeness (QED) is 0.817. The molecule has 2 aromatic rings. The van der Waals surface area contributed by atoms with Crippen molar-refractivity contribution in [2.45, 2.75) is 24.3 Å². The summed E-state index contributed by atoms with van der Waals surface area (Å²) < 4.78 is 5.29. The first-order valence-corrected chi connectivity index (χ1v) is 9.18. The normalized spacial score (nSPS) is 25.5. The highest BCUT2D eigenvalue weighted by Gasteiger charge is 2.43. The number of hydrogen-bond donors (Lipinski definition) is 0. The SMILES string of the molecule is COc1ccc([C@@H]2[C@@H](c3ccccn3)N=C3S[C@@H](C)CN32)cc1Cl. The molecular weight excluding hydrogens is 342 g/mol. The highest BCUT2D eigenvalue weighted by molar-refractivity contribution is 8.14. The molecule has 124 valence electrons. The van der Waals surface area contributed by atoms with Gasteiger partial charge in [-0.05, 0) is 29.8 Å². The van der Waals surface area contributed by atoms with E-state index in [0.29, 0.717) is 16.0 Å². The minimum Gasteiger partial charge on any atom is -0.495 e. The first kappa shape index (κ1) is 15.8. The lowest BCUT2D eigenvalue weighted by Gasteiger charge is -2.27. The standard InChI is InChI=1S/C18H18ClN3OS/c1-11-10-22-17(12-6-7-15(23-2)13(19)9-12)16(21-18(22)24-11)14-5-3-4-8-20-14/h3-9,11,16-17H,10H2,1-2H3/t11-,16+,17+/m0/s1. The molecule has 2 aliphatic rings. The average Bonchev–Trinajstić information content (AvgIpc) is 3.11. The number of hydrogen-bond acceptors (Lipinski definition) is 5. The summed E-state index contributed by atoms with van der Waals surface area (Å²) in [5.41, 5.74) is 2.13. The Morgan fingerprint density at radius 2 is 2.17 bits per heavy atom. The minimum atomic E-state index is -0.00865. The molecule has 3 heterocycles. The number of aromatic nitrogens is 1. The van der Waals surface area contributed by atoms with Crippen molar-refractivity contribution in [3.8, 4) is 5.75 Å². The third kappa shape index (κ3) is 2.66. The van der Waals surface area contributed by atoms with E-state index in [1.54, 1.807) is 7.11 Å². The minimum absolute atomic E-state index is 0.00865. The van der Waals surface area contributed by atoms with Gasteiger partial charge in [-0.3, -0.25) is 9.98 Å². The molecule has 2 aliphatic heterocycles. The number of fused-ring (bicyclic) bond motifs is 1. The van der Waals surface area contributed by atoms with Crippen LogP contribution in [0.5, 0.6) is 5.75 Å². The van der Waals surface area contributed by atoms with Crippen LogP contribution in [0.1, 0.15) is 30.3 Å². The summed E-state index contributed by atoms with van der Waals surface area (Å²) in [4.78, 5) is 11.9. The summed E-state index contributed by atoms with van der Waals surface area (Å²) >= 11 is 8.21. The van der Waals surface area contributed by atoms with Crippen LogP contribution in [0.25, 0.3) is 0 Å². The van der Waals surface area contributed by atoms with E-state index in [1.807, 2.05) is 48.3 Å². The molecule has 6 heteroatoms. The van der Waals surface area contributed by atoms with Crippen LogP contribution in [0.15, 0.2) is 47.6 Å². The number of nitrogens with zero attached hydrogens (tertiary/aromatic N) is 3. The van der Waals surface area contributed by atoms with Crippen LogP contribution < -0.4 is 4.74 Å². The van der Waals surface area contributed by atoms with Gasteiger partial charge in [0.2, 0.25) is 0 Å². The Morgan fingerprint density at radius 3 is 2.88 bits per heavy atom. The molecule has 0 unspecified atom stereocenters. The Morgan fingerprint density at radius 1 is 1.29 bits per heavy atom. The monoisotopic (exact) mass is 359 g/mol. The number of halogens is 1. The highest BCUT2D eigenvalue weighted by Crippen LogP contribution is 2.48. The molecule has 0 saturated carbocycles. The van der Waals surface area contributed by atoms with Gasteiger partial charge in [0.15, 0.2) is 5.17 Å².